The van der Waals surface area contributed by atoms with E-state index in [2.05, 4.69) is 19.7 Å². The van der Waals surface area contributed by atoms with Gasteiger partial charge in [-0.1, -0.05) is 19.7 Å². The molecule has 2 aromatic rings. The zero-order chi connectivity index (χ0) is 33.2. The van der Waals surface area contributed by atoms with Gasteiger partial charge in [0.1, 0.15) is 28.6 Å². The smallest absolute Gasteiger partial charge is 0.334 e. The van der Waals surface area contributed by atoms with E-state index in [0.29, 0.717) is 62.2 Å². The first-order valence-electron chi connectivity index (χ1n) is 17.0. The minimum Gasteiger partial charge on any atom is -0.462 e. The second-order valence-electron chi connectivity index (χ2n) is 13.8. The van der Waals surface area contributed by atoms with E-state index in [4.69, 9.17) is 27.8 Å². The molecule has 5 unspecified atom stereocenters. The molecular weight excluding hydrogens is 600 g/mol. The van der Waals surface area contributed by atoms with E-state index in [1.165, 1.54) is 12.2 Å². The van der Waals surface area contributed by atoms with Gasteiger partial charge in [0.05, 0.1) is 6.10 Å². The van der Waals surface area contributed by atoms with Gasteiger partial charge in [0.25, 0.3) is 0 Å². The monoisotopic (exact) mass is 646 g/mol. The maximum absolute atomic E-state index is 13.0. The van der Waals surface area contributed by atoms with E-state index in [9.17, 15) is 14.4 Å². The Morgan fingerprint density at radius 3 is 2.00 bits per heavy atom. The Morgan fingerprint density at radius 2 is 1.38 bits per heavy atom. The van der Waals surface area contributed by atoms with Gasteiger partial charge in [-0.05, 0) is 108 Å². The van der Waals surface area contributed by atoms with Crippen molar-refractivity contribution in [1.29, 1.82) is 0 Å². The van der Waals surface area contributed by atoms with Crippen LogP contribution in [0.3, 0.4) is 0 Å². The highest BCUT2D eigenvalue weighted by Gasteiger charge is 2.51. The summed E-state index contributed by atoms with van der Waals surface area (Å²) in [4.78, 5) is 37.7. The van der Waals surface area contributed by atoms with Crippen LogP contribution in [0, 0.1) is 0 Å². The standard InChI is InChI=1S/C38H46O9/c1-5-33(39)45-36(18-7-8-19-36)31-15-13-29(43-31)27-17-21-38(24-27,47-35(41)25(3)4)32-16-14-28(44-32)26-11-9-20-37(23-26,46-34(40)6-2)30-12-10-22-42-30/h5-6,13-16,26-27,30H,1-3,7-12,17-24H2,4H3. The first-order chi connectivity index (χ1) is 22.6. The fraction of sp³-hybridized carbons (Fsp3) is 0.553. The van der Waals surface area contributed by atoms with Crippen LogP contribution in [0.15, 0.2) is 70.6 Å². The number of ether oxygens (including phenoxy) is 4. The average molecular weight is 647 g/mol. The predicted octanol–water partition coefficient (Wildman–Crippen LogP) is 7.96. The molecule has 5 atom stereocenters. The van der Waals surface area contributed by atoms with Crippen molar-refractivity contribution in [3.63, 3.8) is 0 Å². The van der Waals surface area contributed by atoms with Crippen LogP contribution in [0.2, 0.25) is 0 Å². The molecule has 3 heterocycles. The summed E-state index contributed by atoms with van der Waals surface area (Å²) in [5.41, 5.74) is -2.24. The van der Waals surface area contributed by atoms with Gasteiger partial charge in [0.15, 0.2) is 11.2 Å². The second kappa shape index (κ2) is 13.3. The summed E-state index contributed by atoms with van der Waals surface area (Å²) in [6.45, 7) is 13.3. The molecule has 0 bridgehead atoms. The third-order valence-electron chi connectivity index (χ3n) is 10.7. The van der Waals surface area contributed by atoms with Crippen molar-refractivity contribution in [2.75, 3.05) is 6.61 Å². The Labute approximate surface area is 276 Å². The second-order valence-corrected chi connectivity index (χ2v) is 13.8. The Morgan fingerprint density at radius 1 is 0.745 bits per heavy atom. The van der Waals surface area contributed by atoms with Crippen LogP contribution in [0.25, 0.3) is 0 Å². The zero-order valence-electron chi connectivity index (χ0n) is 27.4. The van der Waals surface area contributed by atoms with Crippen LogP contribution < -0.4 is 0 Å². The van der Waals surface area contributed by atoms with E-state index in [1.54, 1.807) is 6.92 Å². The van der Waals surface area contributed by atoms with Crippen LogP contribution in [-0.4, -0.2) is 36.2 Å². The van der Waals surface area contributed by atoms with E-state index in [1.807, 2.05) is 24.3 Å². The predicted molar refractivity (Wildman–Crippen MR) is 172 cm³/mol. The number of hydrogen-bond acceptors (Lipinski definition) is 9. The Bertz CT molecular complexity index is 1520. The highest BCUT2D eigenvalue weighted by molar-refractivity contribution is 5.87. The van der Waals surface area contributed by atoms with Crippen LogP contribution in [0.5, 0.6) is 0 Å². The van der Waals surface area contributed by atoms with Crippen molar-refractivity contribution < 1.29 is 42.2 Å². The largest absolute Gasteiger partial charge is 0.462 e. The molecule has 2 aromatic heterocycles. The number of rotatable bonds is 11. The van der Waals surface area contributed by atoms with Crippen molar-refractivity contribution in [3.8, 4) is 0 Å². The lowest BCUT2D eigenvalue weighted by Gasteiger charge is -2.43. The lowest BCUT2D eigenvalue weighted by Crippen LogP contribution is -2.49. The molecule has 0 N–H and O–H groups in total. The van der Waals surface area contributed by atoms with Gasteiger partial charge in [-0.25, -0.2) is 14.4 Å². The summed E-state index contributed by atoms with van der Waals surface area (Å²) >= 11 is 0. The van der Waals surface area contributed by atoms with Crippen LogP contribution in [-0.2, 0) is 44.5 Å². The molecule has 0 spiro atoms. The zero-order valence-corrected chi connectivity index (χ0v) is 27.4. The number of esters is 3. The molecule has 47 heavy (non-hydrogen) atoms. The van der Waals surface area contributed by atoms with Crippen LogP contribution >= 0.6 is 0 Å². The molecule has 3 saturated carbocycles. The maximum atomic E-state index is 13.0. The summed E-state index contributed by atoms with van der Waals surface area (Å²) < 4.78 is 37.3. The lowest BCUT2D eigenvalue weighted by atomic mass is 9.73. The van der Waals surface area contributed by atoms with Gasteiger partial charge in [-0.2, -0.15) is 0 Å². The molecular formula is C38H46O9. The van der Waals surface area contributed by atoms with E-state index < -0.39 is 34.7 Å². The van der Waals surface area contributed by atoms with Crippen molar-refractivity contribution >= 4 is 17.9 Å². The van der Waals surface area contributed by atoms with Gasteiger partial charge >= 0.3 is 17.9 Å². The number of hydrogen-bond donors (Lipinski definition) is 0. The first kappa shape index (κ1) is 33.1. The van der Waals surface area contributed by atoms with Crippen molar-refractivity contribution in [2.45, 2.75) is 125 Å². The normalized spacial score (nSPS) is 30.0. The minimum atomic E-state index is -1.01. The van der Waals surface area contributed by atoms with Gasteiger partial charge in [-0.3, -0.25) is 0 Å². The Balaban J connectivity index is 1.25. The van der Waals surface area contributed by atoms with Crippen molar-refractivity contribution in [2.24, 2.45) is 0 Å². The van der Waals surface area contributed by atoms with E-state index in [0.717, 1.165) is 56.5 Å². The quantitative estimate of drug-likeness (QED) is 0.136. The molecule has 1 saturated heterocycles. The molecule has 1 aliphatic heterocycles. The number of carbonyl (C=O) groups is 3. The van der Waals surface area contributed by atoms with Crippen LogP contribution in [0.1, 0.15) is 125 Å². The Kier molecular flexibility index (Phi) is 9.38. The van der Waals surface area contributed by atoms with Gasteiger partial charge < -0.3 is 27.8 Å². The lowest BCUT2D eigenvalue weighted by molar-refractivity contribution is -0.177. The summed E-state index contributed by atoms with van der Waals surface area (Å²) in [6.07, 6.45) is 12.0. The van der Waals surface area contributed by atoms with Gasteiger partial charge in [-0.15, -0.1) is 0 Å². The van der Waals surface area contributed by atoms with Gasteiger partial charge in [0, 0.05) is 42.6 Å². The van der Waals surface area contributed by atoms with Crippen molar-refractivity contribution in [1.82, 2.24) is 0 Å². The van der Waals surface area contributed by atoms with Gasteiger partial charge in [0.2, 0.25) is 0 Å². The molecule has 0 amide bonds. The number of carbonyl (C=O) groups excluding carboxylic acids is 3. The molecule has 6 rings (SSSR count). The third kappa shape index (κ3) is 6.51. The fourth-order valence-corrected chi connectivity index (χ4v) is 8.29. The molecule has 4 fully saturated rings. The molecule has 4 aliphatic rings. The number of furan rings is 2. The minimum absolute atomic E-state index is 0.00100. The summed E-state index contributed by atoms with van der Waals surface area (Å²) in [6, 6.07) is 7.73. The first-order valence-corrected chi connectivity index (χ1v) is 17.0. The van der Waals surface area contributed by atoms with Crippen LogP contribution in [0.4, 0.5) is 0 Å². The van der Waals surface area contributed by atoms with E-state index >= 15 is 0 Å². The summed E-state index contributed by atoms with van der Waals surface area (Å²) in [7, 11) is 0. The van der Waals surface area contributed by atoms with E-state index in [-0.39, 0.29) is 17.9 Å². The molecule has 9 heteroatoms. The summed E-state index contributed by atoms with van der Waals surface area (Å²) in [5, 5.41) is 0. The molecule has 252 valence electrons. The van der Waals surface area contributed by atoms with Crippen molar-refractivity contribution in [3.05, 3.63) is 84.8 Å². The topological polar surface area (TPSA) is 114 Å². The fourth-order valence-electron chi connectivity index (χ4n) is 8.29. The highest BCUT2D eigenvalue weighted by atomic mass is 16.6. The average Bonchev–Trinajstić information content (AvgIpc) is 3.90. The SMILES string of the molecule is C=CC(=O)OC1(c2ccc(C3CCC(OC(=O)C(=C)C)(c4ccc(C5CCCC(OC(=O)C=C)(C6CCCO6)C5)o4)C3)o2)CCCC1. The molecule has 0 radical (unpaired) electrons. The summed E-state index contributed by atoms with van der Waals surface area (Å²) in [5.74, 6) is 1.33. The molecule has 9 nitrogen and oxygen atoms in total. The maximum Gasteiger partial charge on any atom is 0.334 e. The molecule has 3 aliphatic carbocycles. The Hall–Kier alpha value is -3.85. The third-order valence-corrected chi connectivity index (χ3v) is 10.7. The highest BCUT2D eigenvalue weighted by Crippen LogP contribution is 2.53. The molecule has 0 aromatic carbocycles.